The predicted octanol–water partition coefficient (Wildman–Crippen LogP) is 6.51. The Labute approximate surface area is 200 Å². The van der Waals surface area contributed by atoms with Crippen LogP contribution in [-0.4, -0.2) is 26.4 Å². The first-order valence-corrected chi connectivity index (χ1v) is 11.6. The molecule has 0 aromatic heterocycles. The number of ether oxygens (including phenoxy) is 2. The summed E-state index contributed by atoms with van der Waals surface area (Å²) in [7, 11) is 1.66. The zero-order chi connectivity index (χ0) is 24.1. The van der Waals surface area contributed by atoms with Crippen LogP contribution in [0.5, 0.6) is 5.75 Å². The highest BCUT2D eigenvalue weighted by molar-refractivity contribution is 5.85. The van der Waals surface area contributed by atoms with Crippen LogP contribution in [0.3, 0.4) is 0 Å². The molecule has 6 nitrogen and oxygen atoms in total. The van der Waals surface area contributed by atoms with Crippen LogP contribution < -0.4 is 15.0 Å². The maximum Gasteiger partial charge on any atom is 0.411 e. The molecule has 3 aromatic rings. The summed E-state index contributed by atoms with van der Waals surface area (Å²) in [6, 6.07) is 24.3. The summed E-state index contributed by atoms with van der Waals surface area (Å²) in [6.45, 7) is 5.17. The van der Waals surface area contributed by atoms with Crippen LogP contribution in [0.25, 0.3) is 11.1 Å². The zero-order valence-electron chi connectivity index (χ0n) is 19.7. The molecule has 3 aromatic carbocycles. The van der Waals surface area contributed by atoms with Gasteiger partial charge < -0.3 is 14.4 Å². The normalized spacial score (nSPS) is 16.5. The fraction of sp³-hybridized carbons (Fsp3) is 0.286. The van der Waals surface area contributed by atoms with Gasteiger partial charge in [-0.25, -0.2) is 4.79 Å². The molecule has 1 aliphatic heterocycles. The summed E-state index contributed by atoms with van der Waals surface area (Å²) in [5.41, 5.74) is 5.79. The molecule has 0 aliphatic carbocycles. The highest BCUT2D eigenvalue weighted by Crippen LogP contribution is 2.50. The van der Waals surface area contributed by atoms with E-state index < -0.39 is 6.09 Å². The minimum absolute atomic E-state index is 0.154. The van der Waals surface area contributed by atoms with Gasteiger partial charge in [0.05, 0.1) is 31.7 Å². The molecule has 1 heterocycles. The molecule has 0 fully saturated rings. The van der Waals surface area contributed by atoms with Gasteiger partial charge in [0.15, 0.2) is 0 Å². The number of fused-ring (bicyclic) bond motifs is 1. The van der Waals surface area contributed by atoms with Crippen molar-refractivity contribution >= 4 is 17.5 Å². The van der Waals surface area contributed by atoms with Crippen LogP contribution in [0.1, 0.15) is 43.4 Å². The minimum Gasteiger partial charge on any atom is -0.497 e. The summed E-state index contributed by atoms with van der Waals surface area (Å²) in [5.74, 6) is 0.451. The fourth-order valence-corrected chi connectivity index (χ4v) is 4.58. The lowest BCUT2D eigenvalue weighted by atomic mass is 9.89. The molecule has 4 rings (SSSR count). The van der Waals surface area contributed by atoms with Gasteiger partial charge >= 0.3 is 6.09 Å². The van der Waals surface area contributed by atoms with Crippen molar-refractivity contribution in [3.63, 3.8) is 0 Å². The second kappa shape index (κ2) is 10.3. The van der Waals surface area contributed by atoms with Crippen molar-refractivity contribution in [1.29, 1.82) is 5.26 Å². The molecule has 0 radical (unpaired) electrons. The van der Waals surface area contributed by atoms with Gasteiger partial charge in [0.25, 0.3) is 0 Å². The number of amides is 1. The average molecular weight is 456 g/mol. The number of nitrogens with one attached hydrogen (secondary N) is 1. The van der Waals surface area contributed by atoms with E-state index in [4.69, 9.17) is 9.47 Å². The Morgan fingerprint density at radius 3 is 2.59 bits per heavy atom. The number of rotatable bonds is 7. The maximum atomic E-state index is 12.0. The molecular weight excluding hydrogens is 426 g/mol. The van der Waals surface area contributed by atoms with Crippen molar-refractivity contribution in [2.24, 2.45) is 0 Å². The third-order valence-corrected chi connectivity index (χ3v) is 6.12. The first-order valence-electron chi connectivity index (χ1n) is 11.6. The lowest BCUT2D eigenvalue weighted by Crippen LogP contribution is -2.26. The van der Waals surface area contributed by atoms with Gasteiger partial charge in [0, 0.05) is 17.9 Å². The molecule has 6 heteroatoms. The molecule has 2 unspecified atom stereocenters. The summed E-state index contributed by atoms with van der Waals surface area (Å²) >= 11 is 0. The Morgan fingerprint density at radius 2 is 1.85 bits per heavy atom. The Balaban J connectivity index is 1.68. The lowest BCUT2D eigenvalue weighted by Gasteiger charge is -2.28. The predicted molar refractivity (Wildman–Crippen MR) is 134 cm³/mol. The smallest absolute Gasteiger partial charge is 0.411 e. The third-order valence-electron chi connectivity index (χ3n) is 6.12. The average Bonchev–Trinajstić information content (AvgIpc) is 3.20. The van der Waals surface area contributed by atoms with Gasteiger partial charge in [-0.1, -0.05) is 37.3 Å². The van der Waals surface area contributed by atoms with E-state index in [2.05, 4.69) is 41.4 Å². The number of methoxy groups -OCH3 is 1. The third kappa shape index (κ3) is 4.55. The number of carbonyl (C=O) groups is 1. The summed E-state index contributed by atoms with van der Waals surface area (Å²) < 4.78 is 10.5. The molecule has 0 saturated carbocycles. The monoisotopic (exact) mass is 455 g/mol. The molecular formula is C28H29N3O3. The van der Waals surface area contributed by atoms with E-state index in [0.29, 0.717) is 12.3 Å². The minimum atomic E-state index is -0.471. The Morgan fingerprint density at radius 1 is 1.06 bits per heavy atom. The van der Waals surface area contributed by atoms with Gasteiger partial charge in [0.2, 0.25) is 0 Å². The topological polar surface area (TPSA) is 74.6 Å². The zero-order valence-corrected chi connectivity index (χ0v) is 19.7. The van der Waals surface area contributed by atoms with Crippen LogP contribution in [0, 0.1) is 11.3 Å². The molecule has 174 valence electrons. The number of benzene rings is 3. The summed E-state index contributed by atoms with van der Waals surface area (Å²) in [5, 5.41) is 13.0. The molecule has 34 heavy (non-hydrogen) atoms. The van der Waals surface area contributed by atoms with Crippen molar-refractivity contribution < 1.29 is 14.3 Å². The number of hydrogen-bond acceptors (Lipinski definition) is 5. The summed E-state index contributed by atoms with van der Waals surface area (Å²) in [6.07, 6.45) is 0.293. The molecule has 0 saturated heterocycles. The van der Waals surface area contributed by atoms with E-state index >= 15 is 0 Å². The maximum absolute atomic E-state index is 12.0. The number of likely N-dealkylation sites (N-methyl/N-ethyl adjacent to an activating group) is 1. The summed E-state index contributed by atoms with van der Waals surface area (Å²) in [4.78, 5) is 14.3. The Kier molecular flexibility index (Phi) is 7.03. The second-order valence-corrected chi connectivity index (χ2v) is 8.23. The second-order valence-electron chi connectivity index (χ2n) is 8.23. The Bertz CT molecular complexity index is 1220. The lowest BCUT2D eigenvalue weighted by molar-refractivity contribution is 0.161. The number of nitriles is 1. The number of carbonyl (C=O) groups excluding carboxylic acids is 1. The van der Waals surface area contributed by atoms with Crippen molar-refractivity contribution in [2.75, 3.05) is 30.5 Å². The van der Waals surface area contributed by atoms with Gasteiger partial charge in [-0.3, -0.25) is 5.32 Å². The van der Waals surface area contributed by atoms with Gasteiger partial charge in [-0.2, -0.15) is 5.26 Å². The number of nitrogens with zero attached hydrogens (tertiary/aromatic N) is 2. The van der Waals surface area contributed by atoms with E-state index in [1.54, 1.807) is 7.11 Å². The van der Waals surface area contributed by atoms with E-state index in [1.807, 2.05) is 55.5 Å². The van der Waals surface area contributed by atoms with E-state index in [9.17, 15) is 10.1 Å². The molecule has 1 aliphatic rings. The first kappa shape index (κ1) is 23.2. The van der Waals surface area contributed by atoms with E-state index in [0.717, 1.165) is 46.7 Å². The van der Waals surface area contributed by atoms with Crippen LogP contribution in [0.2, 0.25) is 0 Å². The molecule has 1 N–H and O–H groups in total. The van der Waals surface area contributed by atoms with Crippen LogP contribution >= 0.6 is 0 Å². The van der Waals surface area contributed by atoms with Gasteiger partial charge in [-0.05, 0) is 72.0 Å². The highest BCUT2D eigenvalue weighted by Gasteiger charge is 2.39. The highest BCUT2D eigenvalue weighted by atomic mass is 16.5. The number of anilines is 2. The largest absolute Gasteiger partial charge is 0.497 e. The number of hydrogen-bond donors (Lipinski definition) is 1. The molecule has 0 spiro atoms. The van der Waals surface area contributed by atoms with Crippen molar-refractivity contribution in [3.05, 3.63) is 77.9 Å². The van der Waals surface area contributed by atoms with Crippen molar-refractivity contribution in [1.82, 2.24) is 0 Å². The van der Waals surface area contributed by atoms with Crippen LogP contribution in [0.4, 0.5) is 16.2 Å². The molecule has 0 bridgehead atoms. The standard InChI is InChI=1S/C28H29N3O3/c1-4-14-34-28(32)30-22-10-6-9-21(15-22)27-25(18-29)24-17-20(12-13-26(24)31(27)5-2)19-8-7-11-23(16-19)33-3/h6-13,15-17,25,27H,4-5,14H2,1-3H3,(H,30,32). The van der Waals surface area contributed by atoms with E-state index in [-0.39, 0.29) is 12.0 Å². The SMILES string of the molecule is CCCOC(=O)Nc1cccc(C2C(C#N)c3cc(-c4cccc(OC)c4)ccc3N2CC)c1. The van der Waals surface area contributed by atoms with Crippen molar-refractivity contribution in [3.8, 4) is 22.9 Å². The quantitative estimate of drug-likeness (QED) is 0.440. The van der Waals surface area contributed by atoms with Gasteiger partial charge in [-0.15, -0.1) is 0 Å². The fourth-order valence-electron chi connectivity index (χ4n) is 4.58. The van der Waals surface area contributed by atoms with Crippen LogP contribution in [-0.2, 0) is 4.74 Å². The van der Waals surface area contributed by atoms with Gasteiger partial charge in [0.1, 0.15) is 5.75 Å². The molecule has 1 amide bonds. The Hall–Kier alpha value is -3.98. The molecule has 2 atom stereocenters. The van der Waals surface area contributed by atoms with Crippen LogP contribution in [0.15, 0.2) is 66.7 Å². The van der Waals surface area contributed by atoms with E-state index in [1.165, 1.54) is 0 Å². The first-order chi connectivity index (χ1) is 16.6. The van der Waals surface area contributed by atoms with Crippen molar-refractivity contribution in [2.45, 2.75) is 32.2 Å².